The van der Waals surface area contributed by atoms with Crippen molar-refractivity contribution in [3.05, 3.63) is 42.5 Å². The number of benzene rings is 1. The third kappa shape index (κ3) is 8.89. The van der Waals surface area contributed by atoms with Crippen LogP contribution >= 0.6 is 0 Å². The predicted molar refractivity (Wildman–Crippen MR) is 110 cm³/mol. The monoisotopic (exact) mass is 403 g/mol. The first kappa shape index (κ1) is 22.6. The molecule has 1 aromatic carbocycles. The van der Waals surface area contributed by atoms with Crippen LogP contribution in [0.15, 0.2) is 47.6 Å². The first-order valence-electron chi connectivity index (χ1n) is 9.72. The summed E-state index contributed by atoms with van der Waals surface area (Å²) in [5.74, 6) is -0.104. The Kier molecular flexibility index (Phi) is 9.88. The molecule has 29 heavy (non-hydrogen) atoms. The number of methoxy groups -OCH3 is 1. The third-order valence-electron chi connectivity index (χ3n) is 4.36. The first-order valence-corrected chi connectivity index (χ1v) is 9.72. The Hall–Kier alpha value is -2.71. The Morgan fingerprint density at radius 2 is 2.07 bits per heavy atom. The highest BCUT2D eigenvalue weighted by molar-refractivity contribution is 5.89. The van der Waals surface area contributed by atoms with E-state index in [1.807, 2.05) is 31.2 Å². The Bertz CT molecular complexity index is 693. The Balaban J connectivity index is 1.77. The lowest BCUT2D eigenvalue weighted by molar-refractivity contribution is -0.206. The van der Waals surface area contributed by atoms with Crippen LogP contribution in [0.25, 0.3) is 0 Å². The summed E-state index contributed by atoms with van der Waals surface area (Å²) < 4.78 is 16.0. The number of anilines is 1. The summed E-state index contributed by atoms with van der Waals surface area (Å²) in [6.07, 6.45) is 7.82. The molecule has 1 aromatic rings. The molecule has 0 bridgehead atoms. The molecule has 0 saturated carbocycles. The van der Waals surface area contributed by atoms with E-state index in [0.29, 0.717) is 18.7 Å². The Morgan fingerprint density at radius 1 is 1.28 bits per heavy atom. The van der Waals surface area contributed by atoms with E-state index in [-0.39, 0.29) is 24.3 Å². The topological polar surface area (TPSA) is 98.2 Å². The van der Waals surface area contributed by atoms with Gasteiger partial charge in [0.1, 0.15) is 6.10 Å². The van der Waals surface area contributed by atoms with Gasteiger partial charge in [-0.25, -0.2) is 10.2 Å². The molecule has 0 radical (unpaired) electrons. The van der Waals surface area contributed by atoms with E-state index in [9.17, 15) is 9.59 Å². The van der Waals surface area contributed by atoms with Gasteiger partial charge in [-0.3, -0.25) is 4.79 Å². The van der Waals surface area contributed by atoms with Gasteiger partial charge in [-0.2, -0.15) is 5.10 Å². The highest BCUT2D eigenvalue weighted by Crippen LogP contribution is 2.21. The summed E-state index contributed by atoms with van der Waals surface area (Å²) >= 11 is 0. The molecular formula is C21H29N3O5. The van der Waals surface area contributed by atoms with E-state index in [4.69, 9.17) is 9.47 Å². The molecule has 1 saturated heterocycles. The van der Waals surface area contributed by atoms with Crippen molar-refractivity contribution in [2.24, 2.45) is 11.0 Å². The lowest BCUT2D eigenvalue weighted by atomic mass is 9.98. The number of nitrogens with zero attached hydrogens (tertiary/aromatic N) is 1. The number of hydrazone groups is 1. The maximum Gasteiger partial charge on any atom is 0.339 e. The minimum atomic E-state index is -0.422. The maximum atomic E-state index is 11.9. The second-order valence-corrected chi connectivity index (χ2v) is 6.65. The van der Waals surface area contributed by atoms with Crippen LogP contribution in [0.2, 0.25) is 0 Å². The molecule has 1 fully saturated rings. The van der Waals surface area contributed by atoms with Gasteiger partial charge in [0.2, 0.25) is 0 Å². The fourth-order valence-corrected chi connectivity index (χ4v) is 2.79. The molecule has 0 aliphatic carbocycles. The zero-order valence-electron chi connectivity index (χ0n) is 16.9. The molecule has 8 heteroatoms. The molecule has 0 aromatic heterocycles. The van der Waals surface area contributed by atoms with Gasteiger partial charge in [-0.05, 0) is 38.3 Å². The van der Waals surface area contributed by atoms with Crippen LogP contribution in [-0.4, -0.2) is 44.3 Å². The van der Waals surface area contributed by atoms with Crippen molar-refractivity contribution in [2.45, 2.75) is 45.0 Å². The van der Waals surface area contributed by atoms with E-state index in [1.165, 1.54) is 7.11 Å². The minimum Gasteiger partial charge on any atom is -0.469 e. The molecule has 0 spiro atoms. The van der Waals surface area contributed by atoms with Crippen molar-refractivity contribution in [3.63, 3.8) is 0 Å². The molecule has 2 rings (SSSR count). The van der Waals surface area contributed by atoms with Crippen molar-refractivity contribution < 1.29 is 23.8 Å². The second-order valence-electron chi connectivity index (χ2n) is 6.65. The molecule has 8 nitrogen and oxygen atoms in total. The van der Waals surface area contributed by atoms with Crippen LogP contribution in [0.3, 0.4) is 0 Å². The van der Waals surface area contributed by atoms with Crippen molar-refractivity contribution in [3.8, 4) is 0 Å². The van der Waals surface area contributed by atoms with Gasteiger partial charge in [-0.1, -0.05) is 30.4 Å². The molecule has 1 heterocycles. The number of amides is 2. The molecular weight excluding hydrogens is 374 g/mol. The van der Waals surface area contributed by atoms with E-state index in [0.717, 1.165) is 19.3 Å². The van der Waals surface area contributed by atoms with Crippen molar-refractivity contribution in [1.82, 2.24) is 5.43 Å². The number of hydrogen-bond acceptors (Lipinski definition) is 6. The highest BCUT2D eigenvalue weighted by atomic mass is 16.7. The fourth-order valence-electron chi connectivity index (χ4n) is 2.79. The lowest BCUT2D eigenvalue weighted by Crippen LogP contribution is -2.40. The number of rotatable bonds is 9. The smallest absolute Gasteiger partial charge is 0.339 e. The number of para-hydroxylation sites is 1. The zero-order chi connectivity index (χ0) is 20.9. The highest BCUT2D eigenvalue weighted by Gasteiger charge is 2.28. The predicted octanol–water partition coefficient (Wildman–Crippen LogP) is 3.46. The third-order valence-corrected chi connectivity index (χ3v) is 4.36. The largest absolute Gasteiger partial charge is 0.469 e. The standard InChI is InChI=1S/C21H29N3O5/c1-16-28-15-17(10-6-3-4-9-13-20(25)27-2)19(29-16)14-22-24-21(26)23-18-11-7-5-8-12-18/h3,5-8,11-12,14,16-17,19H,4,9-10,13,15H2,1-2H3,(H2,23,24,26)/b6-3-,22-14?/t16-,17+,19+/m1/s1. The minimum absolute atomic E-state index is 0.0887. The summed E-state index contributed by atoms with van der Waals surface area (Å²) in [7, 11) is 1.39. The van der Waals surface area contributed by atoms with E-state index >= 15 is 0 Å². The first-order chi connectivity index (χ1) is 14.1. The lowest BCUT2D eigenvalue weighted by Gasteiger charge is -2.32. The number of nitrogens with one attached hydrogen (secondary N) is 2. The summed E-state index contributed by atoms with van der Waals surface area (Å²) in [5.41, 5.74) is 3.14. The number of ether oxygens (including phenoxy) is 3. The number of esters is 1. The van der Waals surface area contributed by atoms with Gasteiger partial charge in [0.25, 0.3) is 0 Å². The van der Waals surface area contributed by atoms with Crippen LogP contribution in [0.1, 0.15) is 32.6 Å². The van der Waals surface area contributed by atoms with Crippen LogP contribution < -0.4 is 10.7 Å². The second kappa shape index (κ2) is 12.7. The summed E-state index contributed by atoms with van der Waals surface area (Å²) in [6.45, 7) is 2.37. The van der Waals surface area contributed by atoms with E-state index < -0.39 is 6.03 Å². The van der Waals surface area contributed by atoms with Crippen molar-refractivity contribution >= 4 is 23.9 Å². The van der Waals surface area contributed by atoms with E-state index in [1.54, 1.807) is 18.3 Å². The summed E-state index contributed by atoms with van der Waals surface area (Å²) in [5, 5.41) is 6.71. The number of carbonyl (C=O) groups excluding carboxylic acids is 2. The molecule has 1 aliphatic rings. The molecule has 158 valence electrons. The van der Waals surface area contributed by atoms with Gasteiger partial charge in [0.15, 0.2) is 6.29 Å². The number of unbranched alkanes of at least 4 members (excludes halogenated alkanes) is 1. The average molecular weight is 403 g/mol. The summed E-state index contributed by atoms with van der Waals surface area (Å²) in [6, 6.07) is 8.71. The van der Waals surface area contributed by atoms with Crippen LogP contribution in [0.4, 0.5) is 10.5 Å². The average Bonchev–Trinajstić information content (AvgIpc) is 2.72. The summed E-state index contributed by atoms with van der Waals surface area (Å²) in [4.78, 5) is 23.0. The van der Waals surface area contributed by atoms with Gasteiger partial charge in [-0.15, -0.1) is 0 Å². The number of carbonyl (C=O) groups is 2. The van der Waals surface area contributed by atoms with Gasteiger partial charge in [0, 0.05) is 18.0 Å². The maximum absolute atomic E-state index is 11.9. The molecule has 2 amide bonds. The van der Waals surface area contributed by atoms with Crippen LogP contribution in [0.5, 0.6) is 0 Å². The molecule has 0 unspecified atom stereocenters. The van der Waals surface area contributed by atoms with Crippen LogP contribution in [-0.2, 0) is 19.0 Å². The molecule has 3 atom stereocenters. The Morgan fingerprint density at radius 3 is 2.83 bits per heavy atom. The molecule has 2 N–H and O–H groups in total. The quantitative estimate of drug-likeness (QED) is 0.216. The van der Waals surface area contributed by atoms with E-state index in [2.05, 4.69) is 26.7 Å². The number of allylic oxidation sites excluding steroid dienone is 2. The number of hydrogen-bond donors (Lipinski definition) is 2. The number of urea groups is 1. The molecule has 1 aliphatic heterocycles. The van der Waals surface area contributed by atoms with Gasteiger partial charge >= 0.3 is 12.0 Å². The Labute approximate surface area is 171 Å². The zero-order valence-corrected chi connectivity index (χ0v) is 16.9. The van der Waals surface area contributed by atoms with Crippen LogP contribution in [0, 0.1) is 5.92 Å². The van der Waals surface area contributed by atoms with Gasteiger partial charge in [0.05, 0.1) is 19.9 Å². The van der Waals surface area contributed by atoms with Crippen molar-refractivity contribution in [1.29, 1.82) is 0 Å². The van der Waals surface area contributed by atoms with Gasteiger partial charge < -0.3 is 19.5 Å². The SMILES string of the molecule is COC(=O)CCC/C=C\C[C@H]1CO[C@@H](C)O[C@H]1C=NNC(=O)Nc1ccccc1. The van der Waals surface area contributed by atoms with Crippen molar-refractivity contribution in [2.75, 3.05) is 19.0 Å². The normalized spacial score (nSPS) is 21.9. The fraction of sp³-hybridized carbons (Fsp3) is 0.476.